The summed E-state index contributed by atoms with van der Waals surface area (Å²) < 4.78 is 5.84. The molecular formula is C18H29NO3. The van der Waals surface area contributed by atoms with Gasteiger partial charge in [-0.3, -0.25) is 0 Å². The first-order valence-electron chi connectivity index (χ1n) is 8.26. The van der Waals surface area contributed by atoms with Gasteiger partial charge in [-0.05, 0) is 63.1 Å². The summed E-state index contributed by atoms with van der Waals surface area (Å²) in [5, 5.41) is 23.0. The van der Waals surface area contributed by atoms with Crippen molar-refractivity contribution in [3.8, 4) is 5.75 Å². The van der Waals surface area contributed by atoms with Crippen LogP contribution in [0.25, 0.3) is 0 Å². The Morgan fingerprint density at radius 1 is 1.14 bits per heavy atom. The van der Waals surface area contributed by atoms with Crippen LogP contribution in [0.5, 0.6) is 5.75 Å². The highest BCUT2D eigenvalue weighted by Crippen LogP contribution is 2.25. The minimum Gasteiger partial charge on any atom is -0.490 e. The first-order valence-corrected chi connectivity index (χ1v) is 8.26. The topological polar surface area (TPSA) is 61.7 Å². The normalized spacial score (nSPS) is 23.3. The van der Waals surface area contributed by atoms with Crippen molar-refractivity contribution in [2.24, 2.45) is 0 Å². The summed E-state index contributed by atoms with van der Waals surface area (Å²) in [6.07, 6.45) is 3.00. The Morgan fingerprint density at radius 3 is 2.45 bits per heavy atom. The standard InChI is InChI=1S/C18H29NO3/c1-12-4-5-13(2)18(14(12)3)22-11-17(21)10-19-15-6-8-16(20)9-7-15/h4-5,15-17,19-21H,6-11H2,1-3H3. The lowest BCUT2D eigenvalue weighted by atomic mass is 9.93. The predicted octanol–water partition coefficient (Wildman–Crippen LogP) is 2.24. The molecule has 0 saturated heterocycles. The van der Waals surface area contributed by atoms with Crippen LogP contribution in [-0.2, 0) is 0 Å². The third-order valence-corrected chi connectivity index (χ3v) is 4.63. The number of ether oxygens (including phenoxy) is 1. The third kappa shape index (κ3) is 4.70. The highest BCUT2D eigenvalue weighted by atomic mass is 16.5. The number of rotatable bonds is 6. The van der Waals surface area contributed by atoms with E-state index in [0.29, 0.717) is 19.2 Å². The van der Waals surface area contributed by atoms with E-state index in [1.165, 1.54) is 5.56 Å². The van der Waals surface area contributed by atoms with Crippen molar-refractivity contribution in [3.63, 3.8) is 0 Å². The first-order chi connectivity index (χ1) is 10.5. The molecule has 22 heavy (non-hydrogen) atoms. The zero-order valence-corrected chi connectivity index (χ0v) is 13.9. The molecule has 1 aliphatic rings. The van der Waals surface area contributed by atoms with Crippen molar-refractivity contribution in [1.82, 2.24) is 5.32 Å². The Kier molecular flexibility index (Phi) is 6.24. The molecule has 1 atom stereocenters. The van der Waals surface area contributed by atoms with E-state index in [1.54, 1.807) is 0 Å². The van der Waals surface area contributed by atoms with E-state index in [2.05, 4.69) is 31.3 Å². The summed E-state index contributed by atoms with van der Waals surface area (Å²) in [5.41, 5.74) is 3.44. The summed E-state index contributed by atoms with van der Waals surface area (Å²) in [7, 11) is 0. The molecule has 0 aromatic heterocycles. The van der Waals surface area contributed by atoms with Crippen LogP contribution in [-0.4, -0.2) is 41.6 Å². The highest BCUT2D eigenvalue weighted by Gasteiger charge is 2.19. The van der Waals surface area contributed by atoms with Gasteiger partial charge in [0, 0.05) is 12.6 Å². The maximum absolute atomic E-state index is 10.1. The lowest BCUT2D eigenvalue weighted by Crippen LogP contribution is -2.40. The number of aryl methyl sites for hydroxylation is 2. The first kappa shape index (κ1) is 17.3. The lowest BCUT2D eigenvalue weighted by molar-refractivity contribution is 0.0897. The van der Waals surface area contributed by atoms with Crippen LogP contribution in [0.1, 0.15) is 42.4 Å². The molecule has 0 bridgehead atoms. The summed E-state index contributed by atoms with van der Waals surface area (Å²) in [4.78, 5) is 0. The maximum Gasteiger partial charge on any atom is 0.125 e. The van der Waals surface area contributed by atoms with E-state index in [0.717, 1.165) is 42.6 Å². The molecule has 0 heterocycles. The molecule has 1 fully saturated rings. The van der Waals surface area contributed by atoms with Crippen molar-refractivity contribution < 1.29 is 14.9 Å². The molecule has 0 radical (unpaired) electrons. The second-order valence-corrected chi connectivity index (χ2v) is 6.53. The number of aliphatic hydroxyl groups excluding tert-OH is 2. The molecule has 1 aromatic rings. The van der Waals surface area contributed by atoms with Gasteiger partial charge in [0.25, 0.3) is 0 Å². The Labute approximate surface area is 133 Å². The van der Waals surface area contributed by atoms with Gasteiger partial charge in [-0.25, -0.2) is 0 Å². The Bertz CT molecular complexity index is 481. The second-order valence-electron chi connectivity index (χ2n) is 6.53. The van der Waals surface area contributed by atoms with Gasteiger partial charge in [0.1, 0.15) is 18.5 Å². The summed E-state index contributed by atoms with van der Waals surface area (Å²) in [5.74, 6) is 0.889. The molecule has 1 unspecified atom stereocenters. The van der Waals surface area contributed by atoms with Gasteiger partial charge in [0.05, 0.1) is 6.10 Å². The fraction of sp³-hybridized carbons (Fsp3) is 0.667. The Hall–Kier alpha value is -1.10. The second kappa shape index (κ2) is 7.95. The zero-order valence-electron chi connectivity index (χ0n) is 13.9. The maximum atomic E-state index is 10.1. The largest absolute Gasteiger partial charge is 0.490 e. The Morgan fingerprint density at radius 2 is 1.77 bits per heavy atom. The van der Waals surface area contributed by atoms with E-state index in [1.807, 2.05) is 6.92 Å². The van der Waals surface area contributed by atoms with Gasteiger partial charge in [0.2, 0.25) is 0 Å². The quantitative estimate of drug-likeness (QED) is 0.754. The fourth-order valence-corrected chi connectivity index (χ4v) is 2.97. The summed E-state index contributed by atoms with van der Waals surface area (Å²) in [6.45, 7) is 6.98. The molecule has 1 saturated carbocycles. The van der Waals surface area contributed by atoms with E-state index in [-0.39, 0.29) is 6.10 Å². The molecule has 0 aliphatic heterocycles. The van der Waals surface area contributed by atoms with Crippen LogP contribution in [0.15, 0.2) is 12.1 Å². The van der Waals surface area contributed by atoms with Crippen LogP contribution < -0.4 is 10.1 Å². The van der Waals surface area contributed by atoms with E-state index in [4.69, 9.17) is 4.74 Å². The van der Waals surface area contributed by atoms with Gasteiger partial charge in [0.15, 0.2) is 0 Å². The van der Waals surface area contributed by atoms with Crippen molar-refractivity contribution in [1.29, 1.82) is 0 Å². The van der Waals surface area contributed by atoms with E-state index in [9.17, 15) is 10.2 Å². The van der Waals surface area contributed by atoms with Gasteiger partial charge in [-0.15, -0.1) is 0 Å². The minimum absolute atomic E-state index is 0.140. The monoisotopic (exact) mass is 307 g/mol. The van der Waals surface area contributed by atoms with Crippen LogP contribution in [0.3, 0.4) is 0 Å². The zero-order chi connectivity index (χ0) is 16.1. The van der Waals surface area contributed by atoms with Crippen molar-refractivity contribution >= 4 is 0 Å². The molecule has 2 rings (SSSR count). The van der Waals surface area contributed by atoms with Crippen LogP contribution in [0.2, 0.25) is 0 Å². The average molecular weight is 307 g/mol. The summed E-state index contributed by atoms with van der Waals surface area (Å²) >= 11 is 0. The van der Waals surface area contributed by atoms with Crippen molar-refractivity contribution in [3.05, 3.63) is 28.8 Å². The number of nitrogens with one attached hydrogen (secondary N) is 1. The Balaban J connectivity index is 1.76. The van der Waals surface area contributed by atoms with Crippen LogP contribution in [0.4, 0.5) is 0 Å². The smallest absolute Gasteiger partial charge is 0.125 e. The van der Waals surface area contributed by atoms with Gasteiger partial charge >= 0.3 is 0 Å². The fourth-order valence-electron chi connectivity index (χ4n) is 2.97. The van der Waals surface area contributed by atoms with Crippen molar-refractivity contribution in [2.45, 2.75) is 64.7 Å². The van der Waals surface area contributed by atoms with E-state index < -0.39 is 6.10 Å². The SMILES string of the molecule is Cc1ccc(C)c(OCC(O)CNC2CCC(O)CC2)c1C. The molecular weight excluding hydrogens is 278 g/mol. The highest BCUT2D eigenvalue weighted by molar-refractivity contribution is 5.44. The molecule has 3 N–H and O–H groups in total. The molecule has 1 aromatic carbocycles. The number of aliphatic hydroxyl groups is 2. The number of hydrogen-bond acceptors (Lipinski definition) is 4. The molecule has 4 nitrogen and oxygen atoms in total. The lowest BCUT2D eigenvalue weighted by Gasteiger charge is -2.27. The average Bonchev–Trinajstić information content (AvgIpc) is 2.50. The summed E-state index contributed by atoms with van der Waals surface area (Å²) in [6, 6.07) is 4.54. The van der Waals surface area contributed by atoms with Crippen LogP contribution >= 0.6 is 0 Å². The van der Waals surface area contributed by atoms with E-state index >= 15 is 0 Å². The van der Waals surface area contributed by atoms with Gasteiger partial charge in [-0.1, -0.05) is 12.1 Å². The van der Waals surface area contributed by atoms with Gasteiger partial charge in [-0.2, -0.15) is 0 Å². The number of benzene rings is 1. The molecule has 0 spiro atoms. The van der Waals surface area contributed by atoms with Crippen LogP contribution in [0, 0.1) is 20.8 Å². The number of hydrogen-bond donors (Lipinski definition) is 3. The molecule has 1 aliphatic carbocycles. The molecule has 4 heteroatoms. The third-order valence-electron chi connectivity index (χ3n) is 4.63. The molecule has 124 valence electrons. The molecule has 0 amide bonds. The predicted molar refractivity (Wildman–Crippen MR) is 88.4 cm³/mol. The van der Waals surface area contributed by atoms with Crippen molar-refractivity contribution in [2.75, 3.05) is 13.2 Å². The van der Waals surface area contributed by atoms with Gasteiger partial charge < -0.3 is 20.3 Å². The minimum atomic E-state index is -0.522.